The van der Waals surface area contributed by atoms with Gasteiger partial charge in [-0.25, -0.2) is 4.79 Å². The second kappa shape index (κ2) is 11.8. The highest BCUT2D eigenvalue weighted by atomic mass is 16.7. The molecule has 2 fully saturated rings. The number of ether oxygens (including phenoxy) is 2. The van der Waals surface area contributed by atoms with Crippen LogP contribution in [0.4, 0.5) is 0 Å². The van der Waals surface area contributed by atoms with Gasteiger partial charge < -0.3 is 29.8 Å². The molecule has 0 bridgehead atoms. The van der Waals surface area contributed by atoms with Crippen molar-refractivity contribution in [3.63, 3.8) is 0 Å². The lowest BCUT2D eigenvalue weighted by atomic mass is 10.1. The first-order valence-corrected chi connectivity index (χ1v) is 9.78. The number of hydrogen-bond acceptors (Lipinski definition) is 9. The van der Waals surface area contributed by atoms with Gasteiger partial charge in [0, 0.05) is 45.1 Å². The standard InChI is InChI=1S/C18H28N2O9/c21-11-13-9-12(22)10-18(28-13)27-8-7-19-14(23)3-1-2-4-17(26)29-20-15(24)5-6-16(20)25/h12-13,18,21-22H,1-11H2,(H,19,23)/t12-,13-,18-/m0/s1. The van der Waals surface area contributed by atoms with Crippen molar-refractivity contribution in [3.05, 3.63) is 0 Å². The van der Waals surface area contributed by atoms with Gasteiger partial charge in [-0.05, 0) is 12.8 Å². The zero-order valence-corrected chi connectivity index (χ0v) is 16.2. The number of nitrogens with one attached hydrogen (secondary N) is 1. The van der Waals surface area contributed by atoms with Gasteiger partial charge in [0.1, 0.15) is 0 Å². The summed E-state index contributed by atoms with van der Waals surface area (Å²) in [5, 5.41) is 22.0. The van der Waals surface area contributed by atoms with Gasteiger partial charge in [-0.2, -0.15) is 0 Å². The van der Waals surface area contributed by atoms with Gasteiger partial charge in [0.2, 0.25) is 5.91 Å². The number of rotatable bonds is 11. The van der Waals surface area contributed by atoms with Crippen molar-refractivity contribution in [3.8, 4) is 0 Å². The van der Waals surface area contributed by atoms with Crippen LogP contribution in [-0.2, 0) is 33.5 Å². The van der Waals surface area contributed by atoms with E-state index in [0.29, 0.717) is 30.7 Å². The number of nitrogens with zero attached hydrogens (tertiary/aromatic N) is 1. The molecule has 3 N–H and O–H groups in total. The molecule has 0 aromatic carbocycles. The summed E-state index contributed by atoms with van der Waals surface area (Å²) in [6, 6.07) is 0. The summed E-state index contributed by atoms with van der Waals surface area (Å²) in [5.74, 6) is -1.93. The van der Waals surface area contributed by atoms with Crippen molar-refractivity contribution in [1.82, 2.24) is 10.4 Å². The summed E-state index contributed by atoms with van der Waals surface area (Å²) >= 11 is 0. The third kappa shape index (κ3) is 8.05. The van der Waals surface area contributed by atoms with E-state index < -0.39 is 36.3 Å². The van der Waals surface area contributed by atoms with Gasteiger partial charge in [-0.1, -0.05) is 0 Å². The molecule has 0 saturated carbocycles. The first-order valence-electron chi connectivity index (χ1n) is 9.78. The summed E-state index contributed by atoms with van der Waals surface area (Å²) in [5.41, 5.74) is 0. The van der Waals surface area contributed by atoms with E-state index in [1.807, 2.05) is 0 Å². The molecule has 29 heavy (non-hydrogen) atoms. The molecule has 0 aromatic heterocycles. The molecule has 0 aliphatic carbocycles. The van der Waals surface area contributed by atoms with Crippen LogP contribution < -0.4 is 5.32 Å². The molecule has 0 spiro atoms. The fourth-order valence-electron chi connectivity index (χ4n) is 3.00. The zero-order chi connectivity index (χ0) is 21.2. The van der Waals surface area contributed by atoms with Crippen LogP contribution in [0.1, 0.15) is 51.4 Å². The van der Waals surface area contributed by atoms with E-state index in [9.17, 15) is 24.3 Å². The topological polar surface area (TPSA) is 152 Å². The largest absolute Gasteiger partial charge is 0.394 e. The molecule has 164 valence electrons. The molecule has 2 aliphatic heterocycles. The van der Waals surface area contributed by atoms with Gasteiger partial charge >= 0.3 is 5.97 Å². The molecular weight excluding hydrogens is 388 g/mol. The van der Waals surface area contributed by atoms with Crippen LogP contribution in [0, 0.1) is 0 Å². The van der Waals surface area contributed by atoms with E-state index in [1.54, 1.807) is 0 Å². The molecule has 2 saturated heterocycles. The molecule has 0 radical (unpaired) electrons. The fraction of sp³-hybridized carbons (Fsp3) is 0.778. The van der Waals surface area contributed by atoms with Crippen molar-refractivity contribution in [2.45, 2.75) is 69.9 Å². The van der Waals surface area contributed by atoms with E-state index in [-0.39, 0.29) is 51.3 Å². The Morgan fingerprint density at radius 3 is 2.52 bits per heavy atom. The van der Waals surface area contributed by atoms with Crippen LogP contribution in [0.3, 0.4) is 0 Å². The molecular formula is C18H28N2O9. The SMILES string of the molecule is O=C(CCCCC(=O)ON1C(=O)CCC1=O)NCCO[C@@H]1C[C@@H](O)C[C@@H](CO)O1. The number of amides is 3. The minimum absolute atomic E-state index is 0.000814. The Morgan fingerprint density at radius 2 is 1.83 bits per heavy atom. The lowest BCUT2D eigenvalue weighted by molar-refractivity contribution is -0.220. The molecule has 3 atom stereocenters. The van der Waals surface area contributed by atoms with Crippen LogP contribution in [0.15, 0.2) is 0 Å². The Balaban J connectivity index is 1.49. The highest BCUT2D eigenvalue weighted by Crippen LogP contribution is 2.20. The van der Waals surface area contributed by atoms with Crippen molar-refractivity contribution in [1.29, 1.82) is 0 Å². The molecule has 2 heterocycles. The van der Waals surface area contributed by atoms with Crippen LogP contribution in [0.2, 0.25) is 0 Å². The second-order valence-corrected chi connectivity index (χ2v) is 6.97. The van der Waals surface area contributed by atoms with E-state index in [0.717, 1.165) is 0 Å². The number of unbranched alkanes of at least 4 members (excludes halogenated alkanes) is 1. The summed E-state index contributed by atoms with van der Waals surface area (Å²) < 4.78 is 10.9. The van der Waals surface area contributed by atoms with Gasteiger partial charge in [0.25, 0.3) is 11.8 Å². The van der Waals surface area contributed by atoms with E-state index in [4.69, 9.17) is 19.4 Å². The number of hydroxylamine groups is 2. The third-order valence-electron chi connectivity index (χ3n) is 4.51. The van der Waals surface area contributed by atoms with Crippen molar-refractivity contribution < 1.29 is 43.7 Å². The monoisotopic (exact) mass is 416 g/mol. The predicted octanol–water partition coefficient (Wildman–Crippen LogP) is -0.855. The Morgan fingerprint density at radius 1 is 1.14 bits per heavy atom. The Hall–Kier alpha value is -2.08. The molecule has 3 amide bonds. The normalized spacial score (nSPS) is 24.6. The molecule has 0 aromatic rings. The maximum atomic E-state index is 11.8. The maximum Gasteiger partial charge on any atom is 0.333 e. The second-order valence-electron chi connectivity index (χ2n) is 6.97. The highest BCUT2D eigenvalue weighted by Gasteiger charge is 2.32. The number of carbonyl (C=O) groups is 4. The minimum atomic E-state index is -0.682. The molecule has 2 rings (SSSR count). The molecule has 2 aliphatic rings. The number of carbonyl (C=O) groups excluding carboxylic acids is 4. The Labute approximate surface area is 168 Å². The fourth-order valence-corrected chi connectivity index (χ4v) is 3.00. The molecule has 11 heteroatoms. The lowest BCUT2D eigenvalue weighted by Gasteiger charge is -2.32. The van der Waals surface area contributed by atoms with Gasteiger partial charge in [0.15, 0.2) is 6.29 Å². The third-order valence-corrected chi connectivity index (χ3v) is 4.51. The van der Waals surface area contributed by atoms with Crippen molar-refractivity contribution >= 4 is 23.7 Å². The van der Waals surface area contributed by atoms with Gasteiger partial charge in [0.05, 0.1) is 25.4 Å². The number of aliphatic hydroxyl groups is 2. The first-order chi connectivity index (χ1) is 13.9. The smallest absolute Gasteiger partial charge is 0.333 e. The minimum Gasteiger partial charge on any atom is -0.394 e. The number of hydrogen-bond donors (Lipinski definition) is 3. The van der Waals surface area contributed by atoms with Gasteiger partial charge in [-0.3, -0.25) is 14.4 Å². The predicted molar refractivity (Wildman–Crippen MR) is 95.6 cm³/mol. The van der Waals surface area contributed by atoms with E-state index in [2.05, 4.69) is 5.32 Å². The van der Waals surface area contributed by atoms with Gasteiger partial charge in [-0.15, -0.1) is 5.06 Å². The molecule has 0 unspecified atom stereocenters. The summed E-state index contributed by atoms with van der Waals surface area (Å²) in [6.07, 6.45) is 0.154. The Bertz CT molecular complexity index is 582. The quantitative estimate of drug-likeness (QED) is 0.289. The summed E-state index contributed by atoms with van der Waals surface area (Å²) in [6.45, 7) is 0.275. The average Bonchev–Trinajstić information content (AvgIpc) is 3.00. The van der Waals surface area contributed by atoms with Crippen LogP contribution in [-0.4, -0.2) is 77.2 Å². The number of imide groups is 1. The van der Waals surface area contributed by atoms with Crippen molar-refractivity contribution in [2.75, 3.05) is 19.8 Å². The van der Waals surface area contributed by atoms with Crippen LogP contribution >= 0.6 is 0 Å². The van der Waals surface area contributed by atoms with Crippen molar-refractivity contribution in [2.24, 2.45) is 0 Å². The highest BCUT2D eigenvalue weighted by molar-refractivity contribution is 6.01. The van der Waals surface area contributed by atoms with E-state index >= 15 is 0 Å². The van der Waals surface area contributed by atoms with E-state index in [1.165, 1.54) is 0 Å². The zero-order valence-electron chi connectivity index (χ0n) is 16.2. The maximum absolute atomic E-state index is 11.8. The summed E-state index contributed by atoms with van der Waals surface area (Å²) in [7, 11) is 0. The Kier molecular flexibility index (Phi) is 9.45. The lowest BCUT2D eigenvalue weighted by Crippen LogP contribution is -2.40. The van der Waals surface area contributed by atoms with Crippen LogP contribution in [0.5, 0.6) is 0 Å². The van der Waals surface area contributed by atoms with Crippen LogP contribution in [0.25, 0.3) is 0 Å². The molecule has 11 nitrogen and oxygen atoms in total. The number of aliphatic hydroxyl groups excluding tert-OH is 2. The first kappa shape index (κ1) is 23.2. The summed E-state index contributed by atoms with van der Waals surface area (Å²) in [4.78, 5) is 50.8. The average molecular weight is 416 g/mol.